The summed E-state index contributed by atoms with van der Waals surface area (Å²) in [6, 6.07) is 5.57. The lowest BCUT2D eigenvalue weighted by atomic mass is 10.0. The second-order valence-electron chi connectivity index (χ2n) is 5.69. The number of aliphatic hydroxyl groups excluding tert-OH is 2. The van der Waals surface area contributed by atoms with E-state index in [0.29, 0.717) is 5.56 Å². The van der Waals surface area contributed by atoms with Gasteiger partial charge in [-0.2, -0.15) is 0 Å². The van der Waals surface area contributed by atoms with Crippen molar-refractivity contribution in [3.8, 4) is 0 Å². The molecule has 2 unspecified atom stereocenters. The largest absolute Gasteiger partial charge is 0.391 e. The first-order valence-electron chi connectivity index (χ1n) is 7.44. The Labute approximate surface area is 124 Å². The number of halogens is 1. The quantitative estimate of drug-likeness (QED) is 0.751. The molecule has 1 aromatic carbocycles. The third kappa shape index (κ3) is 4.79. The summed E-state index contributed by atoms with van der Waals surface area (Å²) >= 11 is 0. The van der Waals surface area contributed by atoms with Gasteiger partial charge in [0.05, 0.1) is 18.6 Å². The molecule has 1 aromatic rings. The molecule has 0 heterocycles. The number of aliphatic hydroxyl groups is 2. The summed E-state index contributed by atoms with van der Waals surface area (Å²) in [5.41, 5.74) is 0.376. The molecule has 0 bridgehead atoms. The van der Waals surface area contributed by atoms with E-state index in [4.69, 9.17) is 0 Å². The fourth-order valence-electron chi connectivity index (χ4n) is 2.81. The summed E-state index contributed by atoms with van der Waals surface area (Å²) < 4.78 is 13.0. The number of carbonyl (C=O) groups excluding carboxylic acids is 1. The molecule has 1 aliphatic rings. The van der Waals surface area contributed by atoms with Crippen LogP contribution in [0.15, 0.2) is 24.3 Å². The Bertz CT molecular complexity index is 474. The Morgan fingerprint density at radius 3 is 2.71 bits per heavy atom. The molecule has 4 nitrogen and oxygen atoms in total. The van der Waals surface area contributed by atoms with Gasteiger partial charge in [0.25, 0.3) is 0 Å². The average molecular weight is 295 g/mol. The van der Waals surface area contributed by atoms with Gasteiger partial charge in [-0.1, -0.05) is 25.0 Å². The van der Waals surface area contributed by atoms with E-state index in [0.717, 1.165) is 25.7 Å². The highest BCUT2D eigenvalue weighted by atomic mass is 19.1. The lowest BCUT2D eigenvalue weighted by molar-refractivity contribution is -0.123. The van der Waals surface area contributed by atoms with Crippen molar-refractivity contribution in [2.24, 2.45) is 5.92 Å². The summed E-state index contributed by atoms with van der Waals surface area (Å²) in [4.78, 5) is 11.8. The number of rotatable bonds is 6. The van der Waals surface area contributed by atoms with Gasteiger partial charge >= 0.3 is 0 Å². The topological polar surface area (TPSA) is 69.6 Å². The third-order valence-corrected chi connectivity index (χ3v) is 4.06. The number of hydrogen-bond donors (Lipinski definition) is 3. The van der Waals surface area contributed by atoms with Crippen molar-refractivity contribution >= 4 is 5.91 Å². The van der Waals surface area contributed by atoms with Crippen molar-refractivity contribution in [1.29, 1.82) is 0 Å². The highest BCUT2D eigenvalue weighted by Gasteiger charge is 2.23. The molecule has 5 heteroatoms. The van der Waals surface area contributed by atoms with Crippen molar-refractivity contribution in [2.75, 3.05) is 6.54 Å². The Morgan fingerprint density at radius 1 is 1.33 bits per heavy atom. The predicted octanol–water partition coefficient (Wildman–Crippen LogP) is 1.92. The predicted molar refractivity (Wildman–Crippen MR) is 77.0 cm³/mol. The van der Waals surface area contributed by atoms with Crippen LogP contribution in [-0.2, 0) is 4.79 Å². The van der Waals surface area contributed by atoms with Crippen LogP contribution in [0.3, 0.4) is 0 Å². The first-order chi connectivity index (χ1) is 10.1. The average Bonchev–Trinajstić information content (AvgIpc) is 2.99. The molecule has 0 saturated heterocycles. The maximum Gasteiger partial charge on any atom is 0.223 e. The first kappa shape index (κ1) is 15.9. The maximum atomic E-state index is 13.0. The molecule has 1 saturated carbocycles. The van der Waals surface area contributed by atoms with Crippen molar-refractivity contribution in [3.63, 3.8) is 0 Å². The lowest BCUT2D eigenvalue weighted by Gasteiger charge is -2.18. The van der Waals surface area contributed by atoms with Gasteiger partial charge in [0, 0.05) is 6.54 Å². The van der Waals surface area contributed by atoms with Crippen LogP contribution in [0, 0.1) is 11.7 Å². The normalized spacial score (nSPS) is 18.4. The highest BCUT2D eigenvalue weighted by molar-refractivity contribution is 5.76. The molecule has 2 rings (SSSR count). The van der Waals surface area contributed by atoms with E-state index in [1.165, 1.54) is 18.2 Å². The zero-order valence-corrected chi connectivity index (χ0v) is 12.0. The van der Waals surface area contributed by atoms with Gasteiger partial charge < -0.3 is 15.5 Å². The number of nitrogens with one attached hydrogen (secondary N) is 1. The molecule has 1 amide bonds. The van der Waals surface area contributed by atoms with Gasteiger partial charge in [-0.05, 0) is 36.5 Å². The highest BCUT2D eigenvalue weighted by Crippen LogP contribution is 2.27. The molecule has 0 aliphatic heterocycles. The molecule has 1 fully saturated rings. The van der Waals surface area contributed by atoms with Crippen molar-refractivity contribution in [1.82, 2.24) is 5.32 Å². The van der Waals surface area contributed by atoms with Crippen LogP contribution >= 0.6 is 0 Å². The number of carbonyl (C=O) groups is 1. The van der Waals surface area contributed by atoms with E-state index in [2.05, 4.69) is 5.32 Å². The zero-order chi connectivity index (χ0) is 15.2. The minimum absolute atomic E-state index is 0.138. The van der Waals surface area contributed by atoms with Crippen LogP contribution in [0.4, 0.5) is 4.39 Å². The van der Waals surface area contributed by atoms with Crippen LogP contribution in [0.2, 0.25) is 0 Å². The van der Waals surface area contributed by atoms with E-state index in [1.54, 1.807) is 6.07 Å². The maximum absolute atomic E-state index is 13.0. The fraction of sp³-hybridized carbons (Fsp3) is 0.562. The van der Waals surface area contributed by atoms with Gasteiger partial charge in [-0.15, -0.1) is 0 Å². The minimum Gasteiger partial charge on any atom is -0.391 e. The summed E-state index contributed by atoms with van der Waals surface area (Å²) in [5, 5.41) is 22.5. The Kier molecular flexibility index (Phi) is 5.70. The van der Waals surface area contributed by atoms with Gasteiger partial charge in [0.15, 0.2) is 0 Å². The van der Waals surface area contributed by atoms with E-state index in [9.17, 15) is 19.4 Å². The van der Waals surface area contributed by atoms with Crippen LogP contribution < -0.4 is 5.32 Å². The summed E-state index contributed by atoms with van der Waals surface area (Å²) in [6.07, 6.45) is 2.57. The molecule has 1 aliphatic carbocycles. The molecule has 116 valence electrons. The van der Waals surface area contributed by atoms with E-state index < -0.39 is 18.0 Å². The smallest absolute Gasteiger partial charge is 0.223 e. The molecule has 3 N–H and O–H groups in total. The summed E-state index contributed by atoms with van der Waals surface area (Å²) in [5.74, 6) is -0.522. The van der Waals surface area contributed by atoms with E-state index in [1.807, 2.05) is 0 Å². The molecule has 0 radical (unpaired) electrons. The van der Waals surface area contributed by atoms with Gasteiger partial charge in [0.1, 0.15) is 5.82 Å². The van der Waals surface area contributed by atoms with Crippen molar-refractivity contribution < 1.29 is 19.4 Å². The third-order valence-electron chi connectivity index (χ3n) is 4.06. The monoisotopic (exact) mass is 295 g/mol. The fourth-order valence-corrected chi connectivity index (χ4v) is 2.81. The van der Waals surface area contributed by atoms with Crippen LogP contribution in [0.25, 0.3) is 0 Å². The van der Waals surface area contributed by atoms with Crippen molar-refractivity contribution in [3.05, 3.63) is 35.6 Å². The van der Waals surface area contributed by atoms with Crippen LogP contribution in [0.5, 0.6) is 0 Å². The van der Waals surface area contributed by atoms with Crippen LogP contribution in [0.1, 0.15) is 43.8 Å². The Hall–Kier alpha value is -1.46. The SMILES string of the molecule is O=C(CC(O)c1cccc(F)c1)NCC(O)C1CCCC1. The Morgan fingerprint density at radius 2 is 2.05 bits per heavy atom. The second-order valence-corrected chi connectivity index (χ2v) is 5.69. The molecule has 0 aromatic heterocycles. The van der Waals surface area contributed by atoms with E-state index in [-0.39, 0.29) is 24.8 Å². The van der Waals surface area contributed by atoms with Gasteiger partial charge in [0.2, 0.25) is 5.91 Å². The first-order valence-corrected chi connectivity index (χ1v) is 7.44. The van der Waals surface area contributed by atoms with Crippen LogP contribution in [-0.4, -0.2) is 28.8 Å². The van der Waals surface area contributed by atoms with E-state index >= 15 is 0 Å². The van der Waals surface area contributed by atoms with Gasteiger partial charge in [-0.25, -0.2) is 4.39 Å². The summed E-state index contributed by atoms with van der Waals surface area (Å²) in [7, 11) is 0. The molecular formula is C16H22FNO3. The second kappa shape index (κ2) is 7.52. The minimum atomic E-state index is -1.04. The number of amides is 1. The molecule has 2 atom stereocenters. The number of hydrogen-bond acceptors (Lipinski definition) is 3. The molecule has 21 heavy (non-hydrogen) atoms. The zero-order valence-electron chi connectivity index (χ0n) is 12.0. The number of benzene rings is 1. The van der Waals surface area contributed by atoms with Gasteiger partial charge in [-0.3, -0.25) is 4.79 Å². The summed E-state index contributed by atoms with van der Waals surface area (Å²) in [6.45, 7) is 0.208. The van der Waals surface area contributed by atoms with Crippen molar-refractivity contribution in [2.45, 2.75) is 44.3 Å². The lowest BCUT2D eigenvalue weighted by Crippen LogP contribution is -2.36. The molecular weight excluding hydrogens is 273 g/mol. The molecule has 0 spiro atoms. The standard InChI is InChI=1S/C16H22FNO3/c17-13-7-3-6-12(8-13)14(19)9-16(21)18-10-15(20)11-4-1-2-5-11/h3,6-8,11,14-15,19-20H,1-2,4-5,9-10H2,(H,18,21). The Balaban J connectivity index is 1.76.